The quantitative estimate of drug-likeness (QED) is 0.395. The van der Waals surface area contributed by atoms with E-state index in [0.29, 0.717) is 11.5 Å². The van der Waals surface area contributed by atoms with Crippen molar-refractivity contribution in [2.45, 2.75) is 0 Å². The smallest absolute Gasteiger partial charge is 0.271 e. The topological polar surface area (TPSA) is 78.4 Å². The molecule has 0 unspecified atom stereocenters. The number of non-ortho nitro benzene ring substituents is 1. The van der Waals surface area contributed by atoms with E-state index in [4.69, 9.17) is 10.5 Å². The molecule has 2 aromatic rings. The number of hydrogen-bond acceptors (Lipinski definition) is 4. The van der Waals surface area contributed by atoms with E-state index in [1.807, 2.05) is 24.3 Å². The van der Waals surface area contributed by atoms with Crippen LogP contribution >= 0.6 is 22.6 Å². The van der Waals surface area contributed by atoms with Gasteiger partial charge in [0.15, 0.2) is 5.75 Å². The highest BCUT2D eigenvalue weighted by molar-refractivity contribution is 14.1. The maximum absolute atomic E-state index is 10.6. The summed E-state index contributed by atoms with van der Waals surface area (Å²) in [6.45, 7) is 0. The number of nitro benzene ring substituents is 1. The van der Waals surface area contributed by atoms with Crippen molar-refractivity contribution in [1.82, 2.24) is 0 Å². The van der Waals surface area contributed by atoms with E-state index in [1.54, 1.807) is 0 Å². The number of halogens is 1. The number of nitrogens with zero attached hydrogens (tertiary/aromatic N) is 1. The van der Waals surface area contributed by atoms with Crippen LogP contribution in [0.25, 0.3) is 0 Å². The summed E-state index contributed by atoms with van der Waals surface area (Å²) in [6.07, 6.45) is 0. The molecule has 0 aliphatic rings. The molecule has 0 aliphatic carbocycles. The van der Waals surface area contributed by atoms with Crippen LogP contribution < -0.4 is 10.5 Å². The number of nitrogen functional groups attached to an aromatic ring is 1. The van der Waals surface area contributed by atoms with Crippen molar-refractivity contribution in [3.05, 3.63) is 56.1 Å². The minimum atomic E-state index is -0.495. The molecule has 0 amide bonds. The Balaban J connectivity index is 2.24. The Morgan fingerprint density at radius 2 is 1.83 bits per heavy atom. The Morgan fingerprint density at radius 3 is 2.39 bits per heavy atom. The molecule has 6 heteroatoms. The zero-order valence-corrected chi connectivity index (χ0v) is 11.3. The fourth-order valence-corrected chi connectivity index (χ4v) is 1.73. The average Bonchev–Trinajstić information content (AvgIpc) is 2.34. The lowest BCUT2D eigenvalue weighted by atomic mass is 10.2. The second-order valence-corrected chi connectivity index (χ2v) is 4.78. The molecule has 5 nitrogen and oxygen atoms in total. The molecular formula is C12H9IN2O3. The number of nitrogens with two attached hydrogens (primary N) is 1. The van der Waals surface area contributed by atoms with E-state index < -0.39 is 4.92 Å². The van der Waals surface area contributed by atoms with Crippen molar-refractivity contribution in [3.63, 3.8) is 0 Å². The molecule has 18 heavy (non-hydrogen) atoms. The molecule has 2 aromatic carbocycles. The maximum atomic E-state index is 10.6. The first-order valence-electron chi connectivity index (χ1n) is 5.03. The summed E-state index contributed by atoms with van der Waals surface area (Å²) in [5.41, 5.74) is 5.89. The normalized spacial score (nSPS) is 10.1. The van der Waals surface area contributed by atoms with Gasteiger partial charge in [0.1, 0.15) is 5.75 Å². The van der Waals surface area contributed by atoms with Crippen LogP contribution in [0, 0.1) is 13.7 Å². The molecular weight excluding hydrogens is 347 g/mol. The SMILES string of the molecule is Nc1cc([N+](=O)[O-])ccc1Oc1ccc(I)cc1. The summed E-state index contributed by atoms with van der Waals surface area (Å²) < 4.78 is 6.64. The predicted molar refractivity (Wildman–Crippen MR) is 76.7 cm³/mol. The van der Waals surface area contributed by atoms with E-state index in [2.05, 4.69) is 22.6 Å². The minimum absolute atomic E-state index is 0.0533. The van der Waals surface area contributed by atoms with Gasteiger partial charge in [-0.1, -0.05) is 0 Å². The minimum Gasteiger partial charge on any atom is -0.455 e. The van der Waals surface area contributed by atoms with Gasteiger partial charge in [-0.2, -0.15) is 0 Å². The Morgan fingerprint density at radius 1 is 1.17 bits per heavy atom. The molecule has 0 fully saturated rings. The van der Waals surface area contributed by atoms with Crippen LogP contribution in [0.2, 0.25) is 0 Å². The third-order valence-corrected chi connectivity index (χ3v) is 2.96. The number of nitro groups is 1. The summed E-state index contributed by atoms with van der Waals surface area (Å²) in [7, 11) is 0. The van der Waals surface area contributed by atoms with Gasteiger partial charge in [0.05, 0.1) is 10.6 Å². The van der Waals surface area contributed by atoms with E-state index in [1.165, 1.54) is 18.2 Å². The molecule has 0 atom stereocenters. The van der Waals surface area contributed by atoms with E-state index in [0.717, 1.165) is 3.57 Å². The first kappa shape index (κ1) is 12.6. The molecule has 0 saturated heterocycles. The van der Waals surface area contributed by atoms with Crippen molar-refractivity contribution < 1.29 is 9.66 Å². The number of ether oxygens (including phenoxy) is 1. The molecule has 0 bridgehead atoms. The lowest BCUT2D eigenvalue weighted by molar-refractivity contribution is -0.384. The van der Waals surface area contributed by atoms with Gasteiger partial charge in [-0.3, -0.25) is 10.1 Å². The standard InChI is InChI=1S/C12H9IN2O3/c13-8-1-4-10(5-2-8)18-12-6-3-9(15(16)17)7-11(12)14/h1-7H,14H2. The van der Waals surface area contributed by atoms with Gasteiger partial charge in [0.25, 0.3) is 5.69 Å². The van der Waals surface area contributed by atoms with Crippen molar-refractivity contribution >= 4 is 34.0 Å². The van der Waals surface area contributed by atoms with Gasteiger partial charge in [-0.05, 0) is 52.9 Å². The van der Waals surface area contributed by atoms with Gasteiger partial charge in [0.2, 0.25) is 0 Å². The summed E-state index contributed by atoms with van der Waals surface area (Å²) in [5.74, 6) is 1.04. The molecule has 2 N–H and O–H groups in total. The lowest BCUT2D eigenvalue weighted by Crippen LogP contribution is -1.95. The first-order valence-corrected chi connectivity index (χ1v) is 6.11. The first-order chi connectivity index (χ1) is 8.56. The number of rotatable bonds is 3. The van der Waals surface area contributed by atoms with Gasteiger partial charge in [-0.15, -0.1) is 0 Å². The second kappa shape index (κ2) is 5.21. The van der Waals surface area contributed by atoms with E-state index in [9.17, 15) is 10.1 Å². The van der Waals surface area contributed by atoms with Gasteiger partial charge >= 0.3 is 0 Å². The van der Waals surface area contributed by atoms with Crippen molar-refractivity contribution in [2.24, 2.45) is 0 Å². The van der Waals surface area contributed by atoms with Gasteiger partial charge < -0.3 is 10.5 Å². The molecule has 0 heterocycles. The fourth-order valence-electron chi connectivity index (χ4n) is 1.37. The van der Waals surface area contributed by atoms with Crippen LogP contribution in [0.15, 0.2) is 42.5 Å². The zero-order valence-electron chi connectivity index (χ0n) is 9.17. The highest BCUT2D eigenvalue weighted by atomic mass is 127. The molecule has 0 aromatic heterocycles. The van der Waals surface area contributed by atoms with Crippen LogP contribution in [0.5, 0.6) is 11.5 Å². The summed E-state index contributed by atoms with van der Waals surface area (Å²) in [4.78, 5) is 10.1. The highest BCUT2D eigenvalue weighted by Crippen LogP contribution is 2.30. The largest absolute Gasteiger partial charge is 0.455 e. The van der Waals surface area contributed by atoms with Crippen molar-refractivity contribution in [2.75, 3.05) is 5.73 Å². The lowest BCUT2D eigenvalue weighted by Gasteiger charge is -2.08. The van der Waals surface area contributed by atoms with Crippen LogP contribution in [0.3, 0.4) is 0 Å². The summed E-state index contributed by atoms with van der Waals surface area (Å²) in [5, 5.41) is 10.6. The Hall–Kier alpha value is -1.83. The fraction of sp³-hybridized carbons (Fsp3) is 0. The van der Waals surface area contributed by atoms with Crippen LogP contribution in [0.1, 0.15) is 0 Å². The second-order valence-electron chi connectivity index (χ2n) is 3.54. The number of hydrogen-bond donors (Lipinski definition) is 1. The Bertz CT molecular complexity index is 584. The van der Waals surface area contributed by atoms with Crippen molar-refractivity contribution in [1.29, 1.82) is 0 Å². The van der Waals surface area contributed by atoms with Gasteiger partial charge in [0, 0.05) is 15.7 Å². The van der Waals surface area contributed by atoms with Crippen molar-refractivity contribution in [3.8, 4) is 11.5 Å². The molecule has 0 aliphatic heterocycles. The molecule has 0 spiro atoms. The molecule has 2 rings (SSSR count). The van der Waals surface area contributed by atoms with Crippen LogP contribution in [-0.4, -0.2) is 4.92 Å². The number of anilines is 1. The van der Waals surface area contributed by atoms with Crippen LogP contribution in [-0.2, 0) is 0 Å². The molecule has 0 saturated carbocycles. The average molecular weight is 356 g/mol. The summed E-state index contributed by atoms with van der Waals surface area (Å²) in [6, 6.07) is 11.5. The zero-order chi connectivity index (χ0) is 13.1. The monoisotopic (exact) mass is 356 g/mol. The summed E-state index contributed by atoms with van der Waals surface area (Å²) >= 11 is 2.19. The Kier molecular flexibility index (Phi) is 3.66. The predicted octanol–water partition coefficient (Wildman–Crippen LogP) is 3.57. The maximum Gasteiger partial charge on any atom is 0.271 e. The van der Waals surface area contributed by atoms with Crippen LogP contribution in [0.4, 0.5) is 11.4 Å². The van der Waals surface area contributed by atoms with E-state index in [-0.39, 0.29) is 11.4 Å². The molecule has 0 radical (unpaired) electrons. The Labute approximate surface area is 117 Å². The third-order valence-electron chi connectivity index (χ3n) is 2.25. The number of benzene rings is 2. The molecule has 92 valence electrons. The van der Waals surface area contributed by atoms with Gasteiger partial charge in [-0.25, -0.2) is 0 Å². The van der Waals surface area contributed by atoms with E-state index >= 15 is 0 Å². The third kappa shape index (κ3) is 2.89. The highest BCUT2D eigenvalue weighted by Gasteiger charge is 2.10.